The highest BCUT2D eigenvalue weighted by atomic mass is 79.9. The van der Waals surface area contributed by atoms with Gasteiger partial charge >= 0.3 is 0 Å². The summed E-state index contributed by atoms with van der Waals surface area (Å²) in [6.07, 6.45) is 1.73. The number of fused-ring (bicyclic) bond motifs is 1. The highest BCUT2D eigenvalue weighted by Gasteiger charge is 2.24. The van der Waals surface area contributed by atoms with E-state index in [4.69, 9.17) is 4.74 Å². The fourth-order valence-electron chi connectivity index (χ4n) is 2.75. The molecule has 0 saturated heterocycles. The summed E-state index contributed by atoms with van der Waals surface area (Å²) in [4.78, 5) is 13.9. The van der Waals surface area contributed by atoms with E-state index in [1.165, 1.54) is 7.11 Å². The van der Waals surface area contributed by atoms with Gasteiger partial charge in [0.25, 0.3) is 15.9 Å². The number of thiophene rings is 1. The summed E-state index contributed by atoms with van der Waals surface area (Å²) in [5.41, 5.74) is 2.19. The molecule has 0 spiro atoms. The van der Waals surface area contributed by atoms with E-state index in [-0.39, 0.29) is 16.7 Å². The van der Waals surface area contributed by atoms with Gasteiger partial charge in [-0.3, -0.25) is 9.52 Å². The van der Waals surface area contributed by atoms with Crippen LogP contribution < -0.4 is 9.62 Å². The van der Waals surface area contributed by atoms with Crippen molar-refractivity contribution in [2.45, 2.75) is 17.1 Å². The number of sulfonamides is 1. The minimum atomic E-state index is -3.66. The van der Waals surface area contributed by atoms with Crippen molar-refractivity contribution < 1.29 is 17.9 Å². The summed E-state index contributed by atoms with van der Waals surface area (Å²) in [6, 6.07) is 8.54. The molecule has 0 bridgehead atoms. The second-order valence-corrected chi connectivity index (χ2v) is 9.96. The number of ether oxygens (including phenoxy) is 1. The van der Waals surface area contributed by atoms with E-state index in [0.717, 1.165) is 39.2 Å². The minimum absolute atomic E-state index is 0.00137. The Labute approximate surface area is 159 Å². The third kappa shape index (κ3) is 4.05. The molecule has 3 rings (SSSR count). The first-order valence-electron chi connectivity index (χ1n) is 7.61. The third-order valence-electron chi connectivity index (χ3n) is 3.84. The SMILES string of the molecule is COCC(=O)N1CCCc2ccc(NS(=O)(=O)c3ccc(Br)s3)cc21. The quantitative estimate of drug-likeness (QED) is 0.767. The smallest absolute Gasteiger partial charge is 0.271 e. The van der Waals surface area contributed by atoms with Gasteiger partial charge in [-0.2, -0.15) is 0 Å². The van der Waals surface area contributed by atoms with E-state index in [1.54, 1.807) is 29.2 Å². The van der Waals surface area contributed by atoms with Crippen LogP contribution in [0, 0.1) is 0 Å². The average Bonchev–Trinajstić information content (AvgIpc) is 3.01. The maximum Gasteiger partial charge on any atom is 0.271 e. The molecule has 9 heteroatoms. The van der Waals surface area contributed by atoms with E-state index >= 15 is 0 Å². The number of anilines is 2. The lowest BCUT2D eigenvalue weighted by molar-refractivity contribution is -0.122. The van der Waals surface area contributed by atoms with E-state index in [9.17, 15) is 13.2 Å². The van der Waals surface area contributed by atoms with Crippen LogP contribution in [-0.2, 0) is 26.0 Å². The van der Waals surface area contributed by atoms with Gasteiger partial charge in [0, 0.05) is 19.3 Å². The largest absolute Gasteiger partial charge is 0.375 e. The predicted molar refractivity (Wildman–Crippen MR) is 102 cm³/mol. The maximum absolute atomic E-state index is 12.5. The molecule has 0 aliphatic carbocycles. The maximum atomic E-state index is 12.5. The molecule has 1 aromatic heterocycles. The van der Waals surface area contributed by atoms with Crippen LogP contribution in [0.5, 0.6) is 0 Å². The van der Waals surface area contributed by atoms with Crippen molar-refractivity contribution in [2.24, 2.45) is 0 Å². The zero-order chi connectivity index (χ0) is 18.0. The Morgan fingerprint density at radius 3 is 2.84 bits per heavy atom. The topological polar surface area (TPSA) is 75.7 Å². The molecule has 0 saturated carbocycles. The van der Waals surface area contributed by atoms with Crippen molar-refractivity contribution in [3.8, 4) is 0 Å². The van der Waals surface area contributed by atoms with Crippen LogP contribution >= 0.6 is 27.3 Å². The summed E-state index contributed by atoms with van der Waals surface area (Å²) < 4.78 is 33.4. The summed E-state index contributed by atoms with van der Waals surface area (Å²) in [5, 5.41) is 0. The molecule has 0 atom stereocenters. The van der Waals surface area contributed by atoms with Crippen molar-refractivity contribution in [1.82, 2.24) is 0 Å². The Morgan fingerprint density at radius 1 is 1.36 bits per heavy atom. The van der Waals surface area contributed by atoms with Crippen molar-refractivity contribution >= 4 is 54.6 Å². The Bertz CT molecular complexity index is 895. The number of aryl methyl sites for hydroxylation is 1. The van der Waals surface area contributed by atoms with Crippen LogP contribution in [0.1, 0.15) is 12.0 Å². The van der Waals surface area contributed by atoms with E-state index in [0.29, 0.717) is 12.2 Å². The first kappa shape index (κ1) is 18.4. The van der Waals surface area contributed by atoms with Crippen LogP contribution in [-0.4, -0.2) is 34.6 Å². The van der Waals surface area contributed by atoms with Gasteiger partial charge in [0.05, 0.1) is 9.47 Å². The molecule has 2 heterocycles. The number of amides is 1. The van der Waals surface area contributed by atoms with Crippen molar-refractivity contribution in [3.63, 3.8) is 0 Å². The molecule has 1 aliphatic rings. The first-order valence-corrected chi connectivity index (χ1v) is 10.7. The Balaban J connectivity index is 1.89. The van der Waals surface area contributed by atoms with Crippen LogP contribution in [0.25, 0.3) is 0 Å². The zero-order valence-corrected chi connectivity index (χ0v) is 16.7. The Morgan fingerprint density at radius 2 is 2.16 bits per heavy atom. The van der Waals surface area contributed by atoms with Gasteiger partial charge < -0.3 is 9.64 Å². The highest BCUT2D eigenvalue weighted by Crippen LogP contribution is 2.32. The number of carbonyl (C=O) groups excluding carboxylic acids is 1. The number of carbonyl (C=O) groups is 1. The zero-order valence-electron chi connectivity index (χ0n) is 13.5. The van der Waals surface area contributed by atoms with Gasteiger partial charge in [0.2, 0.25) is 0 Å². The summed E-state index contributed by atoms with van der Waals surface area (Å²) in [6.45, 7) is 0.599. The molecule has 134 valence electrons. The number of hydrogen-bond acceptors (Lipinski definition) is 5. The Hall–Kier alpha value is -1.42. The third-order valence-corrected chi connectivity index (χ3v) is 7.34. The van der Waals surface area contributed by atoms with Crippen molar-refractivity contribution in [2.75, 3.05) is 29.9 Å². The van der Waals surface area contributed by atoms with Gasteiger partial charge in [-0.15, -0.1) is 11.3 Å². The standard InChI is InChI=1S/C16H17BrN2O4S2/c1-23-10-15(20)19-8-2-3-11-4-5-12(9-13(11)19)18-25(21,22)16-7-6-14(17)24-16/h4-7,9,18H,2-3,8,10H2,1H3. The molecular formula is C16H17BrN2O4S2. The minimum Gasteiger partial charge on any atom is -0.375 e. The number of hydrogen-bond donors (Lipinski definition) is 1. The monoisotopic (exact) mass is 444 g/mol. The lowest BCUT2D eigenvalue weighted by atomic mass is 10.0. The summed E-state index contributed by atoms with van der Waals surface area (Å²) in [7, 11) is -2.18. The van der Waals surface area contributed by atoms with Gasteiger partial charge in [-0.25, -0.2) is 8.42 Å². The number of halogens is 1. The number of nitrogens with one attached hydrogen (secondary N) is 1. The van der Waals surface area contributed by atoms with Gasteiger partial charge in [0.15, 0.2) is 0 Å². The number of rotatable bonds is 5. The molecule has 1 aliphatic heterocycles. The second-order valence-electron chi connectivity index (χ2n) is 5.59. The molecule has 0 unspecified atom stereocenters. The molecule has 1 amide bonds. The lowest BCUT2D eigenvalue weighted by Crippen LogP contribution is -2.37. The number of benzene rings is 1. The van der Waals surface area contributed by atoms with Crippen LogP contribution in [0.15, 0.2) is 38.3 Å². The van der Waals surface area contributed by atoms with Gasteiger partial charge in [-0.1, -0.05) is 6.07 Å². The fraction of sp³-hybridized carbons (Fsp3) is 0.312. The van der Waals surface area contributed by atoms with E-state index < -0.39 is 10.0 Å². The fourth-order valence-corrected chi connectivity index (χ4v) is 5.81. The molecule has 6 nitrogen and oxygen atoms in total. The molecule has 2 aromatic rings. The molecule has 1 aromatic carbocycles. The molecule has 0 fully saturated rings. The number of nitrogens with zero attached hydrogens (tertiary/aromatic N) is 1. The Kier molecular flexibility index (Phi) is 5.47. The second kappa shape index (κ2) is 7.45. The molecule has 25 heavy (non-hydrogen) atoms. The van der Waals surface area contributed by atoms with Crippen molar-refractivity contribution in [3.05, 3.63) is 39.7 Å². The van der Waals surface area contributed by atoms with Crippen LogP contribution in [0.3, 0.4) is 0 Å². The highest BCUT2D eigenvalue weighted by molar-refractivity contribution is 9.11. The summed E-state index contributed by atoms with van der Waals surface area (Å²) in [5.74, 6) is -0.134. The van der Waals surface area contributed by atoms with Gasteiger partial charge in [-0.05, 0) is 58.6 Å². The van der Waals surface area contributed by atoms with E-state index in [2.05, 4.69) is 20.7 Å². The lowest BCUT2D eigenvalue weighted by Gasteiger charge is -2.29. The number of methoxy groups -OCH3 is 1. The molecular weight excluding hydrogens is 428 g/mol. The molecule has 0 radical (unpaired) electrons. The van der Waals surface area contributed by atoms with Gasteiger partial charge in [0.1, 0.15) is 10.8 Å². The average molecular weight is 445 g/mol. The normalized spacial score (nSPS) is 14.2. The van der Waals surface area contributed by atoms with Crippen LogP contribution in [0.2, 0.25) is 0 Å². The summed E-state index contributed by atoms with van der Waals surface area (Å²) >= 11 is 4.41. The molecule has 1 N–H and O–H groups in total. The van der Waals surface area contributed by atoms with E-state index in [1.807, 2.05) is 6.07 Å². The predicted octanol–water partition coefficient (Wildman–Crippen LogP) is 3.24. The first-order chi connectivity index (χ1) is 11.9. The van der Waals surface area contributed by atoms with Crippen LogP contribution in [0.4, 0.5) is 11.4 Å². The van der Waals surface area contributed by atoms with Crippen molar-refractivity contribution in [1.29, 1.82) is 0 Å².